The molecule has 0 radical (unpaired) electrons. The summed E-state index contributed by atoms with van der Waals surface area (Å²) in [5, 5.41) is 17.6. The summed E-state index contributed by atoms with van der Waals surface area (Å²) in [4.78, 5) is 21.6. The molecule has 0 fully saturated rings. The van der Waals surface area contributed by atoms with Crippen LogP contribution < -0.4 is 5.73 Å². The molecule has 0 heterocycles. The maximum absolute atomic E-state index is 10.9. The van der Waals surface area contributed by atoms with E-state index < -0.39 is 17.5 Å². The topological polar surface area (TPSA) is 101 Å². The SMILES string of the molecule is C[C@@](N)(C(=O)O)c1ccc(C(=O)O)c(Cl)c1. The van der Waals surface area contributed by atoms with Crippen molar-refractivity contribution in [3.05, 3.63) is 34.3 Å². The van der Waals surface area contributed by atoms with Gasteiger partial charge in [-0.3, -0.25) is 0 Å². The summed E-state index contributed by atoms with van der Waals surface area (Å²) < 4.78 is 0. The molecule has 0 saturated heterocycles. The van der Waals surface area contributed by atoms with Gasteiger partial charge in [0.2, 0.25) is 0 Å². The van der Waals surface area contributed by atoms with E-state index in [1.165, 1.54) is 25.1 Å². The highest BCUT2D eigenvalue weighted by Crippen LogP contribution is 2.24. The van der Waals surface area contributed by atoms with E-state index in [0.29, 0.717) is 0 Å². The van der Waals surface area contributed by atoms with Gasteiger partial charge in [0.05, 0.1) is 10.6 Å². The highest BCUT2D eigenvalue weighted by molar-refractivity contribution is 6.33. The molecule has 0 aliphatic heterocycles. The van der Waals surface area contributed by atoms with Crippen LogP contribution in [0.15, 0.2) is 18.2 Å². The predicted octanol–water partition coefficient (Wildman–Crippen LogP) is 1.30. The van der Waals surface area contributed by atoms with Crippen molar-refractivity contribution in [2.24, 2.45) is 5.73 Å². The van der Waals surface area contributed by atoms with Crippen molar-refractivity contribution in [1.29, 1.82) is 0 Å². The Morgan fingerprint density at radius 1 is 1.38 bits per heavy atom. The summed E-state index contributed by atoms with van der Waals surface area (Å²) in [6, 6.07) is 3.82. The van der Waals surface area contributed by atoms with Gasteiger partial charge >= 0.3 is 11.9 Å². The van der Waals surface area contributed by atoms with E-state index in [0.717, 1.165) is 0 Å². The second kappa shape index (κ2) is 4.11. The maximum atomic E-state index is 10.9. The van der Waals surface area contributed by atoms with Crippen LogP contribution >= 0.6 is 11.6 Å². The number of carboxylic acids is 2. The molecule has 0 aliphatic rings. The molecule has 0 unspecified atom stereocenters. The molecule has 0 bridgehead atoms. The second-order valence-corrected chi connectivity index (χ2v) is 3.91. The lowest BCUT2D eigenvalue weighted by Crippen LogP contribution is -2.41. The summed E-state index contributed by atoms with van der Waals surface area (Å²) in [5.41, 5.74) is 4.13. The van der Waals surface area contributed by atoms with Gasteiger partial charge in [-0.1, -0.05) is 17.7 Å². The molecule has 4 N–H and O–H groups in total. The third-order valence-electron chi connectivity index (χ3n) is 2.24. The predicted molar refractivity (Wildman–Crippen MR) is 57.6 cm³/mol. The van der Waals surface area contributed by atoms with Crippen LogP contribution in [0.2, 0.25) is 5.02 Å². The van der Waals surface area contributed by atoms with E-state index in [4.69, 9.17) is 27.5 Å². The van der Waals surface area contributed by atoms with Crippen molar-refractivity contribution in [1.82, 2.24) is 0 Å². The summed E-state index contributed by atoms with van der Waals surface area (Å²) in [6.07, 6.45) is 0. The normalized spacial score (nSPS) is 14.2. The number of aliphatic carboxylic acids is 1. The second-order valence-electron chi connectivity index (χ2n) is 3.51. The minimum Gasteiger partial charge on any atom is -0.480 e. The Balaban J connectivity index is 3.26. The summed E-state index contributed by atoms with van der Waals surface area (Å²) in [5.74, 6) is -2.39. The van der Waals surface area contributed by atoms with Crippen molar-refractivity contribution in [3.63, 3.8) is 0 Å². The lowest BCUT2D eigenvalue weighted by molar-refractivity contribution is -0.143. The van der Waals surface area contributed by atoms with Gasteiger partial charge in [0.1, 0.15) is 5.54 Å². The monoisotopic (exact) mass is 243 g/mol. The molecule has 1 atom stereocenters. The van der Waals surface area contributed by atoms with E-state index in [9.17, 15) is 9.59 Å². The first-order valence-corrected chi connectivity index (χ1v) is 4.70. The van der Waals surface area contributed by atoms with Gasteiger partial charge in [0.15, 0.2) is 0 Å². The minimum absolute atomic E-state index is 0.0390. The van der Waals surface area contributed by atoms with Crippen LogP contribution in [0.1, 0.15) is 22.8 Å². The molecule has 0 aromatic heterocycles. The van der Waals surface area contributed by atoms with Gasteiger partial charge in [-0.2, -0.15) is 0 Å². The molecule has 1 aromatic carbocycles. The van der Waals surface area contributed by atoms with Crippen LogP contribution in [0, 0.1) is 0 Å². The number of nitrogens with two attached hydrogens (primary N) is 1. The van der Waals surface area contributed by atoms with Gasteiger partial charge < -0.3 is 15.9 Å². The largest absolute Gasteiger partial charge is 0.480 e. The average Bonchev–Trinajstić information content (AvgIpc) is 2.16. The highest BCUT2D eigenvalue weighted by Gasteiger charge is 2.30. The third-order valence-corrected chi connectivity index (χ3v) is 2.56. The molecule has 5 nitrogen and oxygen atoms in total. The van der Waals surface area contributed by atoms with Crippen molar-refractivity contribution in [2.75, 3.05) is 0 Å². The first-order valence-electron chi connectivity index (χ1n) is 4.32. The molecule has 16 heavy (non-hydrogen) atoms. The first kappa shape index (κ1) is 12.5. The smallest absolute Gasteiger partial charge is 0.337 e. The number of aromatic carboxylic acids is 1. The van der Waals surface area contributed by atoms with Crippen LogP contribution in [0.4, 0.5) is 0 Å². The van der Waals surface area contributed by atoms with E-state index in [1.54, 1.807) is 0 Å². The quantitative estimate of drug-likeness (QED) is 0.743. The lowest BCUT2D eigenvalue weighted by atomic mass is 9.92. The van der Waals surface area contributed by atoms with Crippen molar-refractivity contribution in [3.8, 4) is 0 Å². The van der Waals surface area contributed by atoms with Gasteiger partial charge in [0.25, 0.3) is 0 Å². The maximum Gasteiger partial charge on any atom is 0.337 e. The Hall–Kier alpha value is -1.59. The average molecular weight is 244 g/mol. The van der Waals surface area contributed by atoms with Gasteiger partial charge in [0, 0.05) is 0 Å². The number of carbonyl (C=O) groups is 2. The fraction of sp³-hybridized carbons (Fsp3) is 0.200. The molecule has 1 rings (SSSR count). The fourth-order valence-electron chi connectivity index (χ4n) is 1.14. The Morgan fingerprint density at radius 3 is 2.31 bits per heavy atom. The Labute approximate surface area is 96.4 Å². The van der Waals surface area contributed by atoms with Crippen LogP contribution in [-0.4, -0.2) is 22.2 Å². The number of carboxylic acid groups (broad SMARTS) is 2. The minimum atomic E-state index is -1.60. The van der Waals surface area contributed by atoms with Gasteiger partial charge in [-0.15, -0.1) is 0 Å². The van der Waals surface area contributed by atoms with Crippen molar-refractivity contribution < 1.29 is 19.8 Å². The fourth-order valence-corrected chi connectivity index (χ4v) is 1.40. The van der Waals surface area contributed by atoms with E-state index >= 15 is 0 Å². The Kier molecular flexibility index (Phi) is 3.21. The van der Waals surface area contributed by atoms with Crippen LogP contribution in [-0.2, 0) is 10.3 Å². The number of halogens is 1. The molecule has 86 valence electrons. The molecule has 6 heteroatoms. The van der Waals surface area contributed by atoms with E-state index in [-0.39, 0.29) is 16.1 Å². The molecule has 1 aromatic rings. The first-order chi connectivity index (χ1) is 7.26. The molecule has 0 spiro atoms. The third kappa shape index (κ3) is 2.15. The zero-order chi connectivity index (χ0) is 12.5. The molecule has 0 saturated carbocycles. The number of benzene rings is 1. The lowest BCUT2D eigenvalue weighted by Gasteiger charge is -2.20. The highest BCUT2D eigenvalue weighted by atomic mass is 35.5. The Morgan fingerprint density at radius 2 is 1.94 bits per heavy atom. The zero-order valence-corrected chi connectivity index (χ0v) is 9.15. The van der Waals surface area contributed by atoms with E-state index in [2.05, 4.69) is 0 Å². The standard InChI is InChI=1S/C10H10ClNO4/c1-10(12,9(15)16)5-2-3-6(8(13)14)7(11)4-5/h2-4H,12H2,1H3,(H,13,14)(H,15,16)/t10-/m0/s1. The van der Waals surface area contributed by atoms with Crippen molar-refractivity contribution >= 4 is 23.5 Å². The van der Waals surface area contributed by atoms with Crippen LogP contribution in [0.5, 0.6) is 0 Å². The number of hydrogen-bond acceptors (Lipinski definition) is 3. The summed E-state index contributed by atoms with van der Waals surface area (Å²) in [6.45, 7) is 1.31. The van der Waals surface area contributed by atoms with E-state index in [1.807, 2.05) is 0 Å². The Bertz CT molecular complexity index is 456. The van der Waals surface area contributed by atoms with Crippen LogP contribution in [0.3, 0.4) is 0 Å². The molecule has 0 aliphatic carbocycles. The summed E-state index contributed by atoms with van der Waals surface area (Å²) >= 11 is 5.71. The zero-order valence-electron chi connectivity index (χ0n) is 8.40. The number of rotatable bonds is 3. The molecular formula is C10H10ClNO4. The summed E-state index contributed by atoms with van der Waals surface area (Å²) in [7, 11) is 0. The molecule has 0 amide bonds. The van der Waals surface area contributed by atoms with Gasteiger partial charge in [-0.05, 0) is 24.6 Å². The van der Waals surface area contributed by atoms with Gasteiger partial charge in [-0.25, -0.2) is 9.59 Å². The van der Waals surface area contributed by atoms with Crippen molar-refractivity contribution in [2.45, 2.75) is 12.5 Å². The van der Waals surface area contributed by atoms with Crippen LogP contribution in [0.25, 0.3) is 0 Å². The number of hydrogen-bond donors (Lipinski definition) is 3. The molecular weight excluding hydrogens is 234 g/mol.